The van der Waals surface area contributed by atoms with Crippen LogP contribution in [0, 0.1) is 5.95 Å². The molecule has 1 N–H and O–H groups in total. The summed E-state index contributed by atoms with van der Waals surface area (Å²) < 4.78 is 86.6. The van der Waals surface area contributed by atoms with Crippen LogP contribution in [0.25, 0.3) is 0 Å². The second-order valence-electron chi connectivity index (χ2n) is 8.79. The van der Waals surface area contributed by atoms with Gasteiger partial charge in [-0.2, -0.15) is 17.6 Å². The van der Waals surface area contributed by atoms with E-state index < -0.39 is 28.7 Å². The normalized spacial score (nSPS) is 19.0. The molecule has 0 radical (unpaired) electrons. The van der Waals surface area contributed by atoms with Crippen molar-refractivity contribution in [3.63, 3.8) is 0 Å². The lowest BCUT2D eigenvalue weighted by atomic mass is 9.85. The van der Waals surface area contributed by atoms with E-state index in [0.29, 0.717) is 55.3 Å². The number of nitrogens with one attached hydrogen (secondary N) is 1. The zero-order valence-electron chi connectivity index (χ0n) is 19.6. The zero-order valence-corrected chi connectivity index (χ0v) is 20.4. The topological polar surface area (TPSA) is 69.7 Å². The molecule has 0 aliphatic carbocycles. The van der Waals surface area contributed by atoms with Gasteiger partial charge in [-0.1, -0.05) is 18.2 Å². The molecule has 37 heavy (non-hydrogen) atoms. The third-order valence-corrected chi connectivity index (χ3v) is 7.41. The summed E-state index contributed by atoms with van der Waals surface area (Å²) in [5.41, 5.74) is 0.626. The van der Waals surface area contributed by atoms with E-state index in [1.54, 1.807) is 18.2 Å². The first-order valence-corrected chi connectivity index (χ1v) is 13.0. The molecular weight excluding hydrogens is 512 g/mol. The molecule has 3 aromatic rings. The molecule has 1 saturated heterocycles. The van der Waals surface area contributed by atoms with Gasteiger partial charge in [0, 0.05) is 29.9 Å². The number of benzene rings is 2. The van der Waals surface area contributed by atoms with Crippen molar-refractivity contribution in [3.8, 4) is 11.5 Å². The molecule has 2 aromatic carbocycles. The lowest BCUT2D eigenvalue weighted by molar-refractivity contribution is -0.137. The van der Waals surface area contributed by atoms with Gasteiger partial charge in [0.15, 0.2) is 11.0 Å². The van der Waals surface area contributed by atoms with Gasteiger partial charge in [-0.25, -0.2) is 9.19 Å². The standard InChI is InChI=1S/C26H24F4N2O4S/c27-24-2-1-3-25(31-24)32-37(33)18-5-7-20-19(10-13-35-22(20)15-18)21-6-4-16(26(28,29)30)14-23(21)36-17-8-11-34-12-9-17/h1-7,14-15,17,19H,8-13H2,(H,31,32). The fourth-order valence-corrected chi connectivity index (χ4v) is 5.33. The van der Waals surface area contributed by atoms with Crippen LogP contribution in [0.3, 0.4) is 0 Å². The van der Waals surface area contributed by atoms with Gasteiger partial charge >= 0.3 is 6.18 Å². The van der Waals surface area contributed by atoms with Crippen LogP contribution in [0.2, 0.25) is 0 Å². The van der Waals surface area contributed by atoms with Crippen LogP contribution < -0.4 is 14.2 Å². The van der Waals surface area contributed by atoms with Gasteiger partial charge < -0.3 is 14.2 Å². The number of rotatable bonds is 6. The van der Waals surface area contributed by atoms with Gasteiger partial charge in [-0.05, 0) is 42.8 Å². The van der Waals surface area contributed by atoms with E-state index in [4.69, 9.17) is 14.2 Å². The summed E-state index contributed by atoms with van der Waals surface area (Å²) in [6.45, 7) is 1.32. The fourth-order valence-electron chi connectivity index (χ4n) is 4.50. The van der Waals surface area contributed by atoms with Crippen molar-refractivity contribution in [2.24, 2.45) is 0 Å². The number of aromatic nitrogens is 1. The molecule has 1 fully saturated rings. The van der Waals surface area contributed by atoms with Crippen molar-refractivity contribution < 1.29 is 36.0 Å². The Morgan fingerprint density at radius 2 is 1.76 bits per heavy atom. The average Bonchev–Trinajstić information content (AvgIpc) is 2.88. The van der Waals surface area contributed by atoms with E-state index >= 15 is 0 Å². The van der Waals surface area contributed by atoms with Gasteiger partial charge in [0.1, 0.15) is 23.4 Å². The zero-order chi connectivity index (χ0) is 26.0. The van der Waals surface area contributed by atoms with Crippen molar-refractivity contribution in [2.45, 2.75) is 42.4 Å². The number of ether oxygens (including phenoxy) is 3. The van der Waals surface area contributed by atoms with E-state index in [9.17, 15) is 21.8 Å². The molecule has 11 heteroatoms. The highest BCUT2D eigenvalue weighted by Gasteiger charge is 2.34. The first-order chi connectivity index (χ1) is 17.8. The molecule has 196 valence electrons. The molecule has 3 heterocycles. The predicted molar refractivity (Wildman–Crippen MR) is 129 cm³/mol. The third kappa shape index (κ3) is 5.88. The van der Waals surface area contributed by atoms with Crippen molar-refractivity contribution >= 4 is 16.8 Å². The van der Waals surface area contributed by atoms with Crippen LogP contribution in [0.1, 0.15) is 41.9 Å². The summed E-state index contributed by atoms with van der Waals surface area (Å²) >= 11 is 0. The largest absolute Gasteiger partial charge is 0.493 e. The number of halogens is 4. The van der Waals surface area contributed by atoms with Gasteiger partial charge in [-0.15, -0.1) is 0 Å². The number of hydrogen-bond acceptors (Lipinski definition) is 5. The summed E-state index contributed by atoms with van der Waals surface area (Å²) in [6, 6.07) is 12.8. The van der Waals surface area contributed by atoms with Gasteiger partial charge in [-0.3, -0.25) is 4.72 Å². The second kappa shape index (κ2) is 10.7. The van der Waals surface area contributed by atoms with Crippen LogP contribution >= 0.6 is 0 Å². The Labute approximate surface area is 213 Å². The molecule has 2 aliphatic rings. The molecule has 0 bridgehead atoms. The minimum atomic E-state index is -4.50. The third-order valence-electron chi connectivity index (χ3n) is 6.33. The van der Waals surface area contributed by atoms with Crippen molar-refractivity contribution in [2.75, 3.05) is 24.5 Å². The van der Waals surface area contributed by atoms with Crippen molar-refractivity contribution in [1.82, 2.24) is 4.98 Å². The highest BCUT2D eigenvalue weighted by atomic mass is 32.2. The Balaban J connectivity index is 1.44. The molecule has 6 nitrogen and oxygen atoms in total. The molecule has 5 rings (SSSR count). The van der Waals surface area contributed by atoms with Crippen molar-refractivity contribution in [1.29, 1.82) is 0 Å². The summed E-state index contributed by atoms with van der Waals surface area (Å²) in [7, 11) is -1.74. The van der Waals surface area contributed by atoms with E-state index in [1.807, 2.05) is 0 Å². The first kappa shape index (κ1) is 25.5. The number of nitrogens with zero attached hydrogens (tertiary/aromatic N) is 1. The maximum atomic E-state index is 13.5. The maximum Gasteiger partial charge on any atom is 0.416 e. The Kier molecular flexibility index (Phi) is 7.34. The molecule has 0 saturated carbocycles. The molecule has 2 atom stereocenters. The Morgan fingerprint density at radius 1 is 0.973 bits per heavy atom. The minimum Gasteiger partial charge on any atom is -0.493 e. The first-order valence-electron chi connectivity index (χ1n) is 11.8. The van der Waals surface area contributed by atoms with Crippen LogP contribution in [-0.2, 0) is 21.9 Å². The second-order valence-corrected chi connectivity index (χ2v) is 10.00. The maximum absolute atomic E-state index is 13.5. The van der Waals surface area contributed by atoms with Crippen LogP contribution in [0.5, 0.6) is 11.5 Å². The van der Waals surface area contributed by atoms with E-state index in [1.165, 1.54) is 24.3 Å². The lowest BCUT2D eigenvalue weighted by Crippen LogP contribution is -2.27. The Morgan fingerprint density at radius 3 is 2.51 bits per heavy atom. The molecule has 2 unspecified atom stereocenters. The summed E-state index contributed by atoms with van der Waals surface area (Å²) in [4.78, 5) is 4.04. The predicted octanol–water partition coefficient (Wildman–Crippen LogP) is 5.85. The lowest BCUT2D eigenvalue weighted by Gasteiger charge is -2.30. The number of fused-ring (bicyclic) bond motifs is 1. The summed E-state index contributed by atoms with van der Waals surface area (Å²) in [5.74, 6) is -0.177. The van der Waals surface area contributed by atoms with E-state index in [0.717, 1.165) is 17.7 Å². The Hall–Kier alpha value is -3.18. The average molecular weight is 537 g/mol. The van der Waals surface area contributed by atoms with Gasteiger partial charge in [0.25, 0.3) is 0 Å². The quantitative estimate of drug-likeness (QED) is 0.316. The number of pyridine rings is 1. The molecule has 0 spiro atoms. The van der Waals surface area contributed by atoms with Crippen molar-refractivity contribution in [3.05, 3.63) is 77.2 Å². The minimum absolute atomic E-state index is 0.120. The number of anilines is 1. The highest BCUT2D eigenvalue weighted by Crippen LogP contribution is 2.44. The monoisotopic (exact) mass is 536 g/mol. The Bertz CT molecular complexity index is 1300. The molecule has 0 amide bonds. The summed E-state index contributed by atoms with van der Waals surface area (Å²) in [6.07, 6.45) is -2.99. The van der Waals surface area contributed by atoms with Crippen LogP contribution in [0.15, 0.2) is 59.5 Å². The smallest absolute Gasteiger partial charge is 0.416 e. The SMILES string of the molecule is O=S(Nc1cccc(F)n1)c1ccc2c(c1)OCCC2c1ccc(C(F)(F)F)cc1OC1CCOCC1. The van der Waals surface area contributed by atoms with E-state index in [2.05, 4.69) is 9.71 Å². The highest BCUT2D eigenvalue weighted by molar-refractivity contribution is 7.86. The molecule has 2 aliphatic heterocycles. The number of hydrogen-bond donors (Lipinski definition) is 1. The number of alkyl halides is 3. The van der Waals surface area contributed by atoms with Crippen LogP contribution in [0.4, 0.5) is 23.4 Å². The summed E-state index contributed by atoms with van der Waals surface area (Å²) in [5, 5.41) is 0. The van der Waals surface area contributed by atoms with Gasteiger partial charge in [0.2, 0.25) is 5.95 Å². The molecular formula is C26H24F4N2O4S. The van der Waals surface area contributed by atoms with Gasteiger partial charge in [0.05, 0.1) is 30.3 Å². The van der Waals surface area contributed by atoms with E-state index in [-0.39, 0.29) is 23.6 Å². The van der Waals surface area contributed by atoms with Crippen LogP contribution in [-0.4, -0.2) is 35.1 Å². The fraction of sp³-hybridized carbons (Fsp3) is 0.346. The molecule has 1 aromatic heterocycles.